The van der Waals surface area contributed by atoms with E-state index in [1.807, 2.05) is 0 Å². The molecule has 0 saturated carbocycles. The zero-order valence-corrected chi connectivity index (χ0v) is 43.5. The van der Waals surface area contributed by atoms with Crippen molar-refractivity contribution in [1.82, 2.24) is 0 Å². The molecule has 0 aromatic rings. The van der Waals surface area contributed by atoms with Crippen LogP contribution in [0.1, 0.15) is 303 Å². The van der Waals surface area contributed by atoms with Gasteiger partial charge in [-0.05, 0) is 57.8 Å². The van der Waals surface area contributed by atoms with E-state index in [0.29, 0.717) is 19.3 Å². The lowest BCUT2D eigenvalue weighted by Crippen LogP contribution is -2.30. The molecule has 0 fully saturated rings. The second-order valence-electron chi connectivity index (χ2n) is 19.2. The number of unbranched alkanes of at least 4 members (excludes halogenated alkanes) is 35. The molecule has 0 amide bonds. The first-order valence-corrected chi connectivity index (χ1v) is 28.5. The normalized spacial score (nSPS) is 12.2. The second kappa shape index (κ2) is 54.2. The van der Waals surface area contributed by atoms with Gasteiger partial charge in [0.2, 0.25) is 0 Å². The molecule has 6 nitrogen and oxygen atoms in total. The number of hydrogen-bond donors (Lipinski definition) is 0. The van der Waals surface area contributed by atoms with Gasteiger partial charge in [0, 0.05) is 19.3 Å². The topological polar surface area (TPSA) is 78.9 Å². The summed E-state index contributed by atoms with van der Waals surface area (Å²) in [7, 11) is 0. The summed E-state index contributed by atoms with van der Waals surface area (Å²) < 4.78 is 16.6. The fraction of sp³-hybridized carbons (Fsp3) is 0.847. The van der Waals surface area contributed by atoms with Gasteiger partial charge >= 0.3 is 17.9 Å². The summed E-state index contributed by atoms with van der Waals surface area (Å²) in [6.45, 7) is 6.54. The molecule has 0 aliphatic carbocycles. The molecule has 1 unspecified atom stereocenters. The van der Waals surface area contributed by atoms with Crippen molar-refractivity contribution in [3.8, 4) is 0 Å². The average molecular weight is 914 g/mol. The number of carbonyl (C=O) groups is 3. The van der Waals surface area contributed by atoms with Crippen LogP contribution in [0, 0.1) is 0 Å². The maximum absolute atomic E-state index is 12.6. The Kier molecular flexibility index (Phi) is 52.3. The molecule has 0 aliphatic rings. The van der Waals surface area contributed by atoms with Crippen LogP contribution in [0.2, 0.25) is 0 Å². The van der Waals surface area contributed by atoms with E-state index in [2.05, 4.69) is 57.2 Å². The molecule has 0 rings (SSSR count). The molecule has 0 radical (unpaired) electrons. The number of allylic oxidation sites excluding steroid dienone is 6. The summed E-state index contributed by atoms with van der Waals surface area (Å²) in [6.07, 6.45) is 65.0. The zero-order valence-electron chi connectivity index (χ0n) is 43.5. The van der Waals surface area contributed by atoms with Crippen LogP contribution in [-0.2, 0) is 28.6 Å². The molecular weight excluding hydrogens is 805 g/mol. The molecular formula is C59H108O6. The first-order valence-electron chi connectivity index (χ1n) is 28.5. The molecule has 1 atom stereocenters. The Labute approximate surface area is 404 Å². The van der Waals surface area contributed by atoms with Gasteiger partial charge in [0.1, 0.15) is 13.2 Å². The van der Waals surface area contributed by atoms with Crippen LogP contribution >= 0.6 is 0 Å². The third-order valence-corrected chi connectivity index (χ3v) is 12.6. The van der Waals surface area contributed by atoms with Crippen molar-refractivity contribution in [3.05, 3.63) is 36.5 Å². The quantitative estimate of drug-likeness (QED) is 0.0262. The van der Waals surface area contributed by atoms with Crippen molar-refractivity contribution in [2.75, 3.05) is 13.2 Å². The zero-order chi connectivity index (χ0) is 47.2. The average Bonchev–Trinajstić information content (AvgIpc) is 3.30. The second-order valence-corrected chi connectivity index (χ2v) is 19.2. The lowest BCUT2D eigenvalue weighted by molar-refractivity contribution is -0.167. The van der Waals surface area contributed by atoms with Gasteiger partial charge in [-0.15, -0.1) is 0 Å². The standard InChI is InChI=1S/C59H108O6/c1-4-7-10-13-15-17-18-19-20-21-22-23-24-25-26-27-28-29-30-31-32-33-34-35-36-37-38-39-40-42-43-46-49-52-58(61)64-55-56(54-63-57(60)51-48-45-12-9-6-3)65-59(62)53-50-47-44-41-16-14-11-8-5-2/h18-19,21-22,24-25,56H,4-17,20,23,26-55H2,1-3H3/b19-18-,22-21-,25-24-. The number of hydrogen-bond acceptors (Lipinski definition) is 6. The lowest BCUT2D eigenvalue weighted by atomic mass is 10.0. The Morgan fingerprint density at radius 2 is 0.554 bits per heavy atom. The van der Waals surface area contributed by atoms with Gasteiger partial charge in [-0.1, -0.05) is 263 Å². The highest BCUT2D eigenvalue weighted by atomic mass is 16.6. The van der Waals surface area contributed by atoms with E-state index in [0.717, 1.165) is 77.0 Å². The summed E-state index contributed by atoms with van der Waals surface area (Å²) in [6, 6.07) is 0. The molecule has 0 saturated heterocycles. The van der Waals surface area contributed by atoms with Gasteiger partial charge in [-0.2, -0.15) is 0 Å². The van der Waals surface area contributed by atoms with Gasteiger partial charge in [-0.25, -0.2) is 0 Å². The Morgan fingerprint density at radius 3 is 0.862 bits per heavy atom. The number of esters is 3. The Bertz CT molecular complexity index is 1090. The van der Waals surface area contributed by atoms with E-state index in [9.17, 15) is 14.4 Å². The molecule has 0 N–H and O–H groups in total. The molecule has 6 heteroatoms. The summed E-state index contributed by atoms with van der Waals surface area (Å²) in [5, 5.41) is 0. The third-order valence-electron chi connectivity index (χ3n) is 12.6. The van der Waals surface area contributed by atoms with E-state index in [-0.39, 0.29) is 31.1 Å². The maximum atomic E-state index is 12.6. The Morgan fingerprint density at radius 1 is 0.308 bits per heavy atom. The van der Waals surface area contributed by atoms with Crippen LogP contribution in [0.3, 0.4) is 0 Å². The van der Waals surface area contributed by atoms with Crippen molar-refractivity contribution in [2.24, 2.45) is 0 Å². The predicted octanol–water partition coefficient (Wildman–Crippen LogP) is 18.9. The van der Waals surface area contributed by atoms with Crippen LogP contribution in [0.25, 0.3) is 0 Å². The van der Waals surface area contributed by atoms with Crippen molar-refractivity contribution in [1.29, 1.82) is 0 Å². The summed E-state index contributed by atoms with van der Waals surface area (Å²) in [5.41, 5.74) is 0. The molecule has 0 aliphatic heterocycles. The van der Waals surface area contributed by atoms with Crippen LogP contribution < -0.4 is 0 Å². The van der Waals surface area contributed by atoms with E-state index >= 15 is 0 Å². The van der Waals surface area contributed by atoms with Gasteiger partial charge < -0.3 is 14.2 Å². The number of carbonyl (C=O) groups excluding carboxylic acids is 3. The largest absolute Gasteiger partial charge is 0.462 e. The summed E-state index contributed by atoms with van der Waals surface area (Å²) >= 11 is 0. The first-order chi connectivity index (χ1) is 32.0. The molecule has 380 valence electrons. The predicted molar refractivity (Wildman–Crippen MR) is 279 cm³/mol. The molecule has 0 aromatic heterocycles. The van der Waals surface area contributed by atoms with E-state index < -0.39 is 6.10 Å². The van der Waals surface area contributed by atoms with Gasteiger partial charge in [-0.3, -0.25) is 14.4 Å². The van der Waals surface area contributed by atoms with Crippen LogP contribution in [0.4, 0.5) is 0 Å². The highest BCUT2D eigenvalue weighted by Gasteiger charge is 2.19. The summed E-state index contributed by atoms with van der Waals surface area (Å²) in [4.78, 5) is 37.5. The van der Waals surface area contributed by atoms with E-state index in [1.165, 1.54) is 186 Å². The fourth-order valence-corrected chi connectivity index (χ4v) is 8.33. The molecule has 65 heavy (non-hydrogen) atoms. The lowest BCUT2D eigenvalue weighted by Gasteiger charge is -2.18. The Hall–Kier alpha value is -2.37. The smallest absolute Gasteiger partial charge is 0.306 e. The molecule has 0 spiro atoms. The molecule has 0 aromatic carbocycles. The summed E-state index contributed by atoms with van der Waals surface area (Å²) in [5.74, 6) is -0.874. The highest BCUT2D eigenvalue weighted by Crippen LogP contribution is 2.17. The highest BCUT2D eigenvalue weighted by molar-refractivity contribution is 5.71. The Balaban J connectivity index is 3.82. The molecule has 0 bridgehead atoms. The SMILES string of the molecule is CCCCCCC/C=C\C/C=C\C/C=C\CCCCCCCCCCCCCCCCCCCCC(=O)OCC(COC(=O)CCCCCCC)OC(=O)CCCCCCCCCCC. The first kappa shape index (κ1) is 62.6. The van der Waals surface area contributed by atoms with Gasteiger partial charge in [0.25, 0.3) is 0 Å². The van der Waals surface area contributed by atoms with Crippen LogP contribution in [0.15, 0.2) is 36.5 Å². The number of ether oxygens (including phenoxy) is 3. The minimum atomic E-state index is -0.761. The van der Waals surface area contributed by atoms with Gasteiger partial charge in [0.05, 0.1) is 0 Å². The minimum absolute atomic E-state index is 0.0678. The fourth-order valence-electron chi connectivity index (χ4n) is 8.33. The van der Waals surface area contributed by atoms with Crippen LogP contribution in [-0.4, -0.2) is 37.2 Å². The van der Waals surface area contributed by atoms with E-state index in [4.69, 9.17) is 14.2 Å². The monoisotopic (exact) mass is 913 g/mol. The molecule has 0 heterocycles. The maximum Gasteiger partial charge on any atom is 0.306 e. The number of rotatable bonds is 52. The van der Waals surface area contributed by atoms with Gasteiger partial charge in [0.15, 0.2) is 6.10 Å². The van der Waals surface area contributed by atoms with Crippen molar-refractivity contribution in [2.45, 2.75) is 309 Å². The van der Waals surface area contributed by atoms with Crippen molar-refractivity contribution in [3.63, 3.8) is 0 Å². The third kappa shape index (κ3) is 52.5. The minimum Gasteiger partial charge on any atom is -0.462 e. The van der Waals surface area contributed by atoms with Crippen molar-refractivity contribution < 1.29 is 28.6 Å². The van der Waals surface area contributed by atoms with Crippen molar-refractivity contribution >= 4 is 17.9 Å². The van der Waals surface area contributed by atoms with Crippen LogP contribution in [0.5, 0.6) is 0 Å². The van der Waals surface area contributed by atoms with E-state index in [1.54, 1.807) is 0 Å².